The molecule has 0 bridgehead atoms. The van der Waals surface area contributed by atoms with Gasteiger partial charge < -0.3 is 15.6 Å². The largest absolute Gasteiger partial charge is 0.496 e. The molecule has 0 aliphatic heterocycles. The van der Waals surface area contributed by atoms with Crippen LogP contribution in [0.1, 0.15) is 15.9 Å². The minimum Gasteiger partial charge on any atom is -0.496 e. The van der Waals surface area contributed by atoms with Crippen molar-refractivity contribution in [3.05, 3.63) is 45.9 Å². The summed E-state index contributed by atoms with van der Waals surface area (Å²) in [7, 11) is 1.45. The summed E-state index contributed by atoms with van der Waals surface area (Å²) in [6.45, 7) is 0.223. The van der Waals surface area contributed by atoms with E-state index >= 15 is 0 Å². The highest BCUT2D eigenvalue weighted by Crippen LogP contribution is 2.22. The Morgan fingerprint density at radius 1 is 1.48 bits per heavy atom. The third-order valence-corrected chi connectivity index (χ3v) is 3.37. The Morgan fingerprint density at radius 3 is 2.96 bits per heavy atom. The van der Waals surface area contributed by atoms with Gasteiger partial charge in [-0.25, -0.2) is 9.78 Å². The van der Waals surface area contributed by atoms with Gasteiger partial charge in [-0.1, -0.05) is 6.07 Å². The first kappa shape index (κ1) is 14.6. The smallest absolute Gasteiger partial charge is 0.335 e. The predicted molar refractivity (Wildman–Crippen MR) is 81.6 cm³/mol. The molecule has 2 aromatic heterocycles. The predicted octanol–water partition coefficient (Wildman–Crippen LogP) is 0.457. The number of anilines is 1. The number of carboxylic acid groups (broad SMARTS) is 1. The molecule has 0 spiro atoms. The lowest BCUT2D eigenvalue weighted by atomic mass is 10.1. The molecule has 0 fully saturated rings. The van der Waals surface area contributed by atoms with Gasteiger partial charge in [0.05, 0.1) is 25.4 Å². The summed E-state index contributed by atoms with van der Waals surface area (Å²) in [5.41, 5.74) is 6.56. The third kappa shape index (κ3) is 2.59. The molecule has 0 atom stereocenters. The van der Waals surface area contributed by atoms with E-state index in [0.717, 1.165) is 0 Å². The number of nitrogens with two attached hydrogens (primary N) is 1. The highest BCUT2D eigenvalue weighted by molar-refractivity contribution is 5.88. The SMILES string of the molecule is COc1cc(C(=O)O)ccc1Cn1ncc2nc(N)[nH]c(=O)c21. The second kappa shape index (κ2) is 5.44. The van der Waals surface area contributed by atoms with E-state index in [9.17, 15) is 9.59 Å². The lowest BCUT2D eigenvalue weighted by Gasteiger charge is -2.10. The number of carbonyl (C=O) groups is 1. The number of rotatable bonds is 4. The molecule has 1 aromatic carbocycles. The maximum absolute atomic E-state index is 12.0. The fraction of sp³-hybridized carbons (Fsp3) is 0.143. The van der Waals surface area contributed by atoms with Crippen molar-refractivity contribution in [3.8, 4) is 5.75 Å². The number of nitrogen functional groups attached to an aromatic ring is 1. The zero-order valence-corrected chi connectivity index (χ0v) is 12.1. The molecule has 118 valence electrons. The molecule has 0 radical (unpaired) electrons. The number of methoxy groups -OCH3 is 1. The van der Waals surface area contributed by atoms with Gasteiger partial charge in [-0.05, 0) is 12.1 Å². The Hall–Kier alpha value is -3.36. The van der Waals surface area contributed by atoms with Crippen molar-refractivity contribution in [1.82, 2.24) is 19.7 Å². The Bertz CT molecular complexity index is 959. The van der Waals surface area contributed by atoms with Gasteiger partial charge in [0.2, 0.25) is 5.95 Å². The summed E-state index contributed by atoms with van der Waals surface area (Å²) in [6, 6.07) is 4.50. The topological polar surface area (TPSA) is 136 Å². The first-order valence-electron chi connectivity index (χ1n) is 6.61. The number of nitrogens with one attached hydrogen (secondary N) is 1. The van der Waals surface area contributed by atoms with Gasteiger partial charge in [0.15, 0.2) is 5.52 Å². The van der Waals surface area contributed by atoms with Crippen molar-refractivity contribution < 1.29 is 14.6 Å². The lowest BCUT2D eigenvalue weighted by molar-refractivity contribution is 0.0696. The zero-order chi connectivity index (χ0) is 16.6. The summed E-state index contributed by atoms with van der Waals surface area (Å²) >= 11 is 0. The summed E-state index contributed by atoms with van der Waals surface area (Å²) in [4.78, 5) is 29.5. The minimum atomic E-state index is -1.05. The van der Waals surface area contributed by atoms with Crippen molar-refractivity contribution in [1.29, 1.82) is 0 Å². The van der Waals surface area contributed by atoms with Gasteiger partial charge in [-0.3, -0.25) is 14.5 Å². The van der Waals surface area contributed by atoms with Crippen LogP contribution in [0.15, 0.2) is 29.2 Å². The number of aromatic nitrogens is 4. The molecule has 0 amide bonds. The van der Waals surface area contributed by atoms with Gasteiger partial charge in [-0.2, -0.15) is 5.10 Å². The molecular formula is C14H13N5O4. The molecule has 3 aromatic rings. The zero-order valence-electron chi connectivity index (χ0n) is 12.1. The summed E-state index contributed by atoms with van der Waals surface area (Å²) in [5.74, 6) is -0.630. The molecular weight excluding hydrogens is 302 g/mol. The van der Waals surface area contributed by atoms with Gasteiger partial charge in [0.25, 0.3) is 5.56 Å². The fourth-order valence-corrected chi connectivity index (χ4v) is 2.31. The number of ether oxygens (including phenoxy) is 1. The molecule has 9 nitrogen and oxygen atoms in total. The van der Waals surface area contributed by atoms with E-state index in [1.165, 1.54) is 30.1 Å². The van der Waals surface area contributed by atoms with Crippen molar-refractivity contribution in [2.75, 3.05) is 12.8 Å². The molecule has 0 aliphatic rings. The van der Waals surface area contributed by atoms with Crippen LogP contribution >= 0.6 is 0 Å². The number of aromatic amines is 1. The van der Waals surface area contributed by atoms with Crippen molar-refractivity contribution >= 4 is 23.0 Å². The number of hydrogen-bond donors (Lipinski definition) is 3. The number of H-pyrrole nitrogens is 1. The standard InChI is InChI=1S/C14H13N5O4/c1-23-10-4-7(13(21)22)2-3-8(10)6-19-11-9(5-16-19)17-14(15)18-12(11)20/h2-5H,6H2,1H3,(H,21,22)(H3,15,17,18,20). The van der Waals surface area contributed by atoms with Crippen LogP contribution in [0.25, 0.3) is 11.0 Å². The van der Waals surface area contributed by atoms with Gasteiger partial charge in [0.1, 0.15) is 11.3 Å². The molecule has 4 N–H and O–H groups in total. The molecule has 3 rings (SSSR count). The van der Waals surface area contributed by atoms with E-state index in [1.54, 1.807) is 6.07 Å². The van der Waals surface area contributed by atoms with Crippen LogP contribution in [0.2, 0.25) is 0 Å². The highest BCUT2D eigenvalue weighted by atomic mass is 16.5. The Labute approximate surface area is 129 Å². The van der Waals surface area contributed by atoms with E-state index < -0.39 is 11.5 Å². The van der Waals surface area contributed by atoms with E-state index in [0.29, 0.717) is 16.8 Å². The second-order valence-corrected chi connectivity index (χ2v) is 4.82. The van der Waals surface area contributed by atoms with Crippen molar-refractivity contribution in [2.24, 2.45) is 0 Å². The molecule has 2 heterocycles. The first-order chi connectivity index (χ1) is 11.0. The summed E-state index contributed by atoms with van der Waals surface area (Å²) in [5, 5.41) is 13.1. The van der Waals surface area contributed by atoms with Crippen LogP contribution in [-0.2, 0) is 6.54 Å². The van der Waals surface area contributed by atoms with Gasteiger partial charge in [-0.15, -0.1) is 0 Å². The maximum Gasteiger partial charge on any atom is 0.335 e. The number of fused-ring (bicyclic) bond motifs is 1. The lowest BCUT2D eigenvalue weighted by Crippen LogP contribution is -2.15. The van der Waals surface area contributed by atoms with Crippen molar-refractivity contribution in [2.45, 2.75) is 6.54 Å². The molecule has 0 saturated heterocycles. The Morgan fingerprint density at radius 2 is 2.26 bits per heavy atom. The monoisotopic (exact) mass is 315 g/mol. The van der Waals surface area contributed by atoms with Crippen LogP contribution in [0.5, 0.6) is 5.75 Å². The molecule has 0 aliphatic carbocycles. The fourth-order valence-electron chi connectivity index (χ4n) is 2.31. The third-order valence-electron chi connectivity index (χ3n) is 3.37. The van der Waals surface area contributed by atoms with E-state index in [1.807, 2.05) is 0 Å². The van der Waals surface area contributed by atoms with E-state index in [-0.39, 0.29) is 23.6 Å². The summed E-state index contributed by atoms with van der Waals surface area (Å²) in [6.07, 6.45) is 1.44. The maximum atomic E-state index is 12.0. The summed E-state index contributed by atoms with van der Waals surface area (Å²) < 4.78 is 6.68. The molecule has 0 saturated carbocycles. The van der Waals surface area contributed by atoms with Crippen molar-refractivity contribution in [3.63, 3.8) is 0 Å². The number of aromatic carboxylic acids is 1. The normalized spacial score (nSPS) is 10.8. The second-order valence-electron chi connectivity index (χ2n) is 4.82. The number of nitrogens with zero attached hydrogens (tertiary/aromatic N) is 3. The molecule has 0 unspecified atom stereocenters. The van der Waals surface area contributed by atoms with Crippen LogP contribution < -0.4 is 16.0 Å². The Kier molecular flexibility index (Phi) is 3.45. The van der Waals surface area contributed by atoms with Crippen LogP contribution in [0, 0.1) is 0 Å². The minimum absolute atomic E-state index is 0.0189. The van der Waals surface area contributed by atoms with Crippen LogP contribution in [-0.4, -0.2) is 37.9 Å². The number of carboxylic acids is 1. The van der Waals surface area contributed by atoms with Crippen LogP contribution in [0.3, 0.4) is 0 Å². The molecule has 23 heavy (non-hydrogen) atoms. The highest BCUT2D eigenvalue weighted by Gasteiger charge is 2.13. The first-order valence-corrected chi connectivity index (χ1v) is 6.61. The quantitative estimate of drug-likeness (QED) is 0.636. The average Bonchev–Trinajstić information content (AvgIpc) is 2.90. The van der Waals surface area contributed by atoms with E-state index in [2.05, 4.69) is 15.1 Å². The van der Waals surface area contributed by atoms with Gasteiger partial charge in [0, 0.05) is 5.56 Å². The Balaban J connectivity index is 2.06. The molecule has 9 heteroatoms. The number of hydrogen-bond acceptors (Lipinski definition) is 6. The van der Waals surface area contributed by atoms with Crippen LogP contribution in [0.4, 0.5) is 5.95 Å². The van der Waals surface area contributed by atoms with Gasteiger partial charge >= 0.3 is 5.97 Å². The van der Waals surface area contributed by atoms with E-state index in [4.69, 9.17) is 15.6 Å². The average molecular weight is 315 g/mol. The number of benzene rings is 1.